The maximum Gasteiger partial charge on any atom is 0.158 e. The van der Waals surface area contributed by atoms with E-state index in [4.69, 9.17) is 5.73 Å². The van der Waals surface area contributed by atoms with Crippen molar-refractivity contribution >= 4 is 22.5 Å². The third kappa shape index (κ3) is 3.31. The van der Waals surface area contributed by atoms with E-state index in [2.05, 4.69) is 43.6 Å². The Morgan fingerprint density at radius 2 is 1.68 bits per heavy atom. The number of hydrogen-bond acceptors (Lipinski definition) is 7. The molecule has 5 N–H and O–H groups in total. The monoisotopic (exact) mass is 411 g/mol. The Morgan fingerprint density at radius 1 is 1.00 bits per heavy atom. The molecule has 2 aromatic carbocycles. The molecule has 31 heavy (non-hydrogen) atoms. The zero-order chi connectivity index (χ0) is 21.4. The van der Waals surface area contributed by atoms with Gasteiger partial charge in [0.2, 0.25) is 0 Å². The third-order valence-electron chi connectivity index (χ3n) is 5.63. The summed E-state index contributed by atoms with van der Waals surface area (Å²) in [4.78, 5) is 6.96. The molecule has 0 unspecified atom stereocenters. The molecule has 1 fully saturated rings. The fourth-order valence-corrected chi connectivity index (χ4v) is 4.07. The zero-order valence-corrected chi connectivity index (χ0v) is 16.8. The average Bonchev–Trinajstić information content (AvgIpc) is 3.19. The molecule has 0 aliphatic carbocycles. The molecule has 4 aromatic rings. The van der Waals surface area contributed by atoms with Crippen LogP contribution in [0.1, 0.15) is 5.56 Å². The van der Waals surface area contributed by atoms with E-state index in [0.29, 0.717) is 33.7 Å². The van der Waals surface area contributed by atoms with Gasteiger partial charge < -0.3 is 21.1 Å². The summed E-state index contributed by atoms with van der Waals surface area (Å²) >= 11 is 0. The molecule has 5 rings (SSSR count). The molecule has 1 aliphatic heterocycles. The minimum atomic E-state index is 0.151. The van der Waals surface area contributed by atoms with Crippen molar-refractivity contribution in [2.45, 2.75) is 0 Å². The lowest BCUT2D eigenvalue weighted by Crippen LogP contribution is -2.43. The van der Waals surface area contributed by atoms with Gasteiger partial charge in [-0.15, -0.1) is 0 Å². The first-order valence-electron chi connectivity index (χ1n) is 10.1. The highest BCUT2D eigenvalue weighted by molar-refractivity contribution is 6.04. The van der Waals surface area contributed by atoms with Crippen LogP contribution in [0.4, 0.5) is 11.5 Å². The minimum Gasteiger partial charge on any atom is -0.508 e. The highest BCUT2D eigenvalue weighted by Gasteiger charge is 2.22. The molecule has 0 saturated carbocycles. The van der Waals surface area contributed by atoms with Gasteiger partial charge in [0.25, 0.3) is 0 Å². The number of nitrogens with zero attached hydrogens (tertiary/aromatic N) is 4. The molecule has 2 aromatic heterocycles. The van der Waals surface area contributed by atoms with Crippen molar-refractivity contribution in [1.82, 2.24) is 20.5 Å². The van der Waals surface area contributed by atoms with E-state index < -0.39 is 0 Å². The first-order valence-corrected chi connectivity index (χ1v) is 10.1. The Morgan fingerprint density at radius 3 is 2.35 bits per heavy atom. The zero-order valence-electron chi connectivity index (χ0n) is 16.8. The van der Waals surface area contributed by atoms with Crippen LogP contribution in [-0.4, -0.2) is 46.5 Å². The van der Waals surface area contributed by atoms with Gasteiger partial charge in [-0.3, -0.25) is 5.10 Å². The Hall–Kier alpha value is -4.09. The summed E-state index contributed by atoms with van der Waals surface area (Å²) < 4.78 is 0. The van der Waals surface area contributed by atoms with E-state index in [1.807, 2.05) is 12.1 Å². The first kappa shape index (κ1) is 18.9. The van der Waals surface area contributed by atoms with Crippen molar-refractivity contribution in [2.75, 3.05) is 36.8 Å². The summed E-state index contributed by atoms with van der Waals surface area (Å²) in [5.41, 5.74) is 11.0. The van der Waals surface area contributed by atoms with Crippen LogP contribution in [-0.2, 0) is 0 Å². The number of rotatable bonds is 3. The smallest absolute Gasteiger partial charge is 0.158 e. The Balaban J connectivity index is 1.69. The number of nitrogens with two attached hydrogens (primary N) is 1. The Kier molecular flexibility index (Phi) is 4.65. The normalized spacial score (nSPS) is 14.0. The summed E-state index contributed by atoms with van der Waals surface area (Å²) in [6.45, 7) is 3.85. The number of anilines is 2. The van der Waals surface area contributed by atoms with Crippen LogP contribution in [0.15, 0.2) is 48.5 Å². The number of aromatic amines is 1. The quantitative estimate of drug-likeness (QED) is 0.408. The predicted molar refractivity (Wildman–Crippen MR) is 121 cm³/mol. The number of fused-ring (bicyclic) bond motifs is 1. The molecule has 154 valence electrons. The van der Waals surface area contributed by atoms with Gasteiger partial charge in [-0.2, -0.15) is 10.4 Å². The van der Waals surface area contributed by atoms with Crippen LogP contribution in [0, 0.1) is 11.3 Å². The minimum absolute atomic E-state index is 0.151. The topological polar surface area (TPSA) is 127 Å². The molecular weight excluding hydrogens is 390 g/mol. The van der Waals surface area contributed by atoms with Gasteiger partial charge >= 0.3 is 0 Å². The van der Waals surface area contributed by atoms with Crippen LogP contribution in [0.25, 0.3) is 33.4 Å². The number of H-pyrrole nitrogens is 1. The average molecular weight is 411 g/mol. The summed E-state index contributed by atoms with van der Waals surface area (Å²) in [6, 6.07) is 17.1. The number of phenolic OH excluding ortho intramolecular Hbond substituents is 1. The number of aromatic nitrogens is 3. The molecule has 8 nitrogen and oxygen atoms in total. The Bertz CT molecular complexity index is 1280. The highest BCUT2D eigenvalue weighted by Crippen LogP contribution is 2.39. The Labute approximate surface area is 178 Å². The van der Waals surface area contributed by atoms with E-state index in [1.54, 1.807) is 24.3 Å². The van der Waals surface area contributed by atoms with Gasteiger partial charge in [0, 0.05) is 43.0 Å². The third-order valence-corrected chi connectivity index (χ3v) is 5.63. The first-order chi connectivity index (χ1) is 15.2. The number of aromatic hydroxyl groups is 1. The lowest BCUT2D eigenvalue weighted by atomic mass is 9.93. The number of nitrogens with one attached hydrogen (secondary N) is 2. The second kappa shape index (κ2) is 7.63. The maximum atomic E-state index is 10.1. The van der Waals surface area contributed by atoms with Crippen molar-refractivity contribution in [2.24, 2.45) is 0 Å². The molecule has 0 radical (unpaired) electrons. The van der Waals surface area contributed by atoms with Crippen LogP contribution in [0.5, 0.6) is 5.75 Å². The van der Waals surface area contributed by atoms with E-state index in [-0.39, 0.29) is 5.75 Å². The summed E-state index contributed by atoms with van der Waals surface area (Å²) in [5, 5.41) is 30.7. The van der Waals surface area contributed by atoms with E-state index >= 15 is 0 Å². The SMILES string of the molecule is N#Cc1c(-c2ccc(O)cc2)nc2[nH]nc(N)c2c1-c1ccc(N2CCNCC2)cc1. The van der Waals surface area contributed by atoms with E-state index in [0.717, 1.165) is 43.0 Å². The molecule has 8 heteroatoms. The van der Waals surface area contributed by atoms with E-state index in [1.165, 1.54) is 0 Å². The molecule has 3 heterocycles. The number of benzene rings is 2. The molecule has 0 spiro atoms. The van der Waals surface area contributed by atoms with Crippen molar-refractivity contribution < 1.29 is 5.11 Å². The lowest BCUT2D eigenvalue weighted by molar-refractivity contribution is 0.475. The fourth-order valence-electron chi connectivity index (χ4n) is 4.07. The lowest BCUT2D eigenvalue weighted by Gasteiger charge is -2.29. The number of hydrogen-bond donors (Lipinski definition) is 4. The standard InChI is InChI=1S/C23H21N7O/c24-13-18-19(14-1-5-16(6-2-14)30-11-9-26-10-12-30)20-22(25)28-29-23(20)27-21(18)15-3-7-17(31)8-4-15/h1-8,26,31H,9-12H2,(H3,25,27,28,29). The molecule has 1 aliphatic rings. The van der Waals surface area contributed by atoms with Crippen LogP contribution < -0.4 is 16.0 Å². The van der Waals surface area contributed by atoms with Gasteiger partial charge in [0.05, 0.1) is 16.6 Å². The summed E-state index contributed by atoms with van der Waals surface area (Å²) in [6.07, 6.45) is 0. The van der Waals surface area contributed by atoms with Gasteiger partial charge in [-0.25, -0.2) is 4.98 Å². The second-order valence-corrected chi connectivity index (χ2v) is 7.49. The molecule has 1 saturated heterocycles. The molecular formula is C23H21N7O. The number of pyridine rings is 1. The number of nitrogen functional groups attached to an aromatic ring is 1. The number of piperazine rings is 1. The van der Waals surface area contributed by atoms with Crippen molar-refractivity contribution in [3.8, 4) is 34.2 Å². The van der Waals surface area contributed by atoms with E-state index in [9.17, 15) is 10.4 Å². The maximum absolute atomic E-state index is 10.1. The van der Waals surface area contributed by atoms with Crippen molar-refractivity contribution in [1.29, 1.82) is 5.26 Å². The van der Waals surface area contributed by atoms with Crippen LogP contribution in [0.2, 0.25) is 0 Å². The molecule has 0 amide bonds. The predicted octanol–water partition coefficient (Wildman–Crippen LogP) is 2.86. The molecule has 0 atom stereocenters. The highest BCUT2D eigenvalue weighted by atomic mass is 16.3. The van der Waals surface area contributed by atoms with Crippen molar-refractivity contribution in [3.05, 3.63) is 54.1 Å². The summed E-state index contributed by atoms with van der Waals surface area (Å²) in [7, 11) is 0. The fraction of sp³-hybridized carbons (Fsp3) is 0.174. The van der Waals surface area contributed by atoms with Gasteiger partial charge in [0.15, 0.2) is 11.5 Å². The number of nitriles is 1. The largest absolute Gasteiger partial charge is 0.508 e. The van der Waals surface area contributed by atoms with Gasteiger partial charge in [-0.05, 0) is 42.0 Å². The summed E-state index contributed by atoms with van der Waals surface area (Å²) in [5.74, 6) is 0.454. The van der Waals surface area contributed by atoms with Gasteiger partial charge in [0.1, 0.15) is 11.8 Å². The van der Waals surface area contributed by atoms with Crippen LogP contribution >= 0.6 is 0 Å². The number of phenols is 1. The second-order valence-electron chi connectivity index (χ2n) is 7.49. The van der Waals surface area contributed by atoms with Crippen LogP contribution in [0.3, 0.4) is 0 Å². The molecule has 0 bridgehead atoms. The van der Waals surface area contributed by atoms with Crippen molar-refractivity contribution in [3.63, 3.8) is 0 Å². The van der Waals surface area contributed by atoms with Gasteiger partial charge in [-0.1, -0.05) is 12.1 Å².